The number of aliphatic imine (C=N–C) groups is 1. The highest BCUT2D eigenvalue weighted by Gasteiger charge is 2.31. The molecule has 1 aromatic rings. The lowest BCUT2D eigenvalue weighted by Crippen LogP contribution is -2.47. The van der Waals surface area contributed by atoms with Gasteiger partial charge in [0, 0.05) is 32.7 Å². The third-order valence-electron chi connectivity index (χ3n) is 5.87. The molecule has 2 aliphatic heterocycles. The van der Waals surface area contributed by atoms with Crippen LogP contribution in [0.5, 0.6) is 0 Å². The fraction of sp³-hybridized carbons (Fsp3) is 0.571. The molecule has 1 amide bonds. The number of carbonyl (C=O) groups excluding carboxylic acids is 1. The molecule has 3 rings (SSSR count). The lowest BCUT2D eigenvalue weighted by atomic mass is 10.0. The molecule has 0 radical (unpaired) electrons. The summed E-state index contributed by atoms with van der Waals surface area (Å²) in [7, 11) is 2.06. The zero-order chi connectivity index (χ0) is 20.1. The van der Waals surface area contributed by atoms with Crippen molar-refractivity contribution in [3.8, 4) is 6.07 Å². The largest absolute Gasteiger partial charge is 0.462 e. The number of rotatable bonds is 6. The van der Waals surface area contributed by atoms with Gasteiger partial charge < -0.3 is 14.2 Å². The third-order valence-corrected chi connectivity index (χ3v) is 5.87. The highest BCUT2D eigenvalue weighted by atomic mass is 16.3. The summed E-state index contributed by atoms with van der Waals surface area (Å²) in [5.41, 5.74) is 2.00. The first-order valence-electron chi connectivity index (χ1n) is 9.90. The SMILES string of the molecule is C=N/C=C(\c1occc1C)N(C)C1CCN(CC(=O)N2CCC[C@H]2C#N)CC1. The average molecular weight is 383 g/mol. The minimum atomic E-state index is -0.244. The maximum atomic E-state index is 12.6. The summed E-state index contributed by atoms with van der Waals surface area (Å²) in [5.74, 6) is 0.905. The molecule has 2 saturated heterocycles. The van der Waals surface area contributed by atoms with Gasteiger partial charge in [0.1, 0.15) is 6.04 Å². The summed E-state index contributed by atoms with van der Waals surface area (Å²) in [5, 5.41) is 9.19. The number of piperidine rings is 1. The van der Waals surface area contributed by atoms with Crippen LogP contribution >= 0.6 is 0 Å². The normalized spacial score (nSPS) is 21.5. The van der Waals surface area contributed by atoms with Crippen molar-refractivity contribution in [3.05, 3.63) is 29.9 Å². The quantitative estimate of drug-likeness (QED) is 0.706. The molecular formula is C21H29N5O2. The van der Waals surface area contributed by atoms with Crippen LogP contribution in [0.15, 0.2) is 27.9 Å². The average Bonchev–Trinajstić information content (AvgIpc) is 3.35. The molecule has 2 aliphatic rings. The standard InChI is InChI=1S/C21H29N5O2/c1-16-8-12-28-21(16)19(14-23-2)24(3)17-6-10-25(11-7-17)15-20(27)26-9-4-5-18(26)13-22/h8,12,14,17-18H,2,4-7,9-11,15H2,1,3H3/b19-14+/t18-/m0/s1. The van der Waals surface area contributed by atoms with Crippen molar-refractivity contribution in [3.63, 3.8) is 0 Å². The van der Waals surface area contributed by atoms with Gasteiger partial charge in [0.15, 0.2) is 5.76 Å². The van der Waals surface area contributed by atoms with Gasteiger partial charge in [-0.15, -0.1) is 0 Å². The molecule has 0 spiro atoms. The van der Waals surface area contributed by atoms with E-state index in [0.717, 1.165) is 55.8 Å². The number of hydrogen-bond acceptors (Lipinski definition) is 6. The number of carbonyl (C=O) groups is 1. The summed E-state index contributed by atoms with van der Waals surface area (Å²) in [6.07, 6.45) is 7.08. The molecule has 7 heteroatoms. The van der Waals surface area contributed by atoms with Crippen LogP contribution in [0, 0.1) is 18.3 Å². The van der Waals surface area contributed by atoms with Crippen molar-refractivity contribution in [2.45, 2.75) is 44.7 Å². The predicted molar refractivity (Wildman–Crippen MR) is 109 cm³/mol. The molecule has 1 atom stereocenters. The molecule has 2 fully saturated rings. The van der Waals surface area contributed by atoms with E-state index in [2.05, 4.69) is 34.6 Å². The van der Waals surface area contributed by atoms with E-state index in [4.69, 9.17) is 4.42 Å². The first-order chi connectivity index (χ1) is 13.5. The van der Waals surface area contributed by atoms with Gasteiger partial charge in [0.25, 0.3) is 0 Å². The predicted octanol–water partition coefficient (Wildman–Crippen LogP) is 2.50. The molecule has 0 bridgehead atoms. The van der Waals surface area contributed by atoms with E-state index in [1.165, 1.54) is 0 Å². The number of likely N-dealkylation sites (tertiary alicyclic amines) is 2. The smallest absolute Gasteiger partial charge is 0.237 e. The molecule has 0 aliphatic carbocycles. The Bertz CT molecular complexity index is 770. The third kappa shape index (κ3) is 4.28. The molecule has 28 heavy (non-hydrogen) atoms. The maximum absolute atomic E-state index is 12.6. The molecule has 150 valence electrons. The Balaban J connectivity index is 1.56. The van der Waals surface area contributed by atoms with E-state index in [1.54, 1.807) is 17.4 Å². The zero-order valence-electron chi connectivity index (χ0n) is 16.8. The lowest BCUT2D eigenvalue weighted by molar-refractivity contribution is -0.132. The summed E-state index contributed by atoms with van der Waals surface area (Å²) in [6.45, 7) is 8.45. The van der Waals surface area contributed by atoms with Gasteiger partial charge in [-0.05, 0) is 51.0 Å². The van der Waals surface area contributed by atoms with Gasteiger partial charge in [-0.25, -0.2) is 0 Å². The molecule has 7 nitrogen and oxygen atoms in total. The van der Waals surface area contributed by atoms with Crippen LogP contribution in [0.25, 0.3) is 5.70 Å². The van der Waals surface area contributed by atoms with Crippen molar-refractivity contribution in [2.75, 3.05) is 33.2 Å². The van der Waals surface area contributed by atoms with E-state index in [1.807, 2.05) is 13.0 Å². The minimum Gasteiger partial charge on any atom is -0.462 e. The molecular weight excluding hydrogens is 354 g/mol. The highest BCUT2D eigenvalue weighted by Crippen LogP contribution is 2.28. The van der Waals surface area contributed by atoms with Crippen molar-refractivity contribution >= 4 is 18.3 Å². The number of amides is 1. The summed E-state index contributed by atoms with van der Waals surface area (Å²) in [4.78, 5) is 22.7. The van der Waals surface area contributed by atoms with Gasteiger partial charge in [0.2, 0.25) is 5.91 Å². The van der Waals surface area contributed by atoms with E-state index in [0.29, 0.717) is 19.1 Å². The second-order valence-corrected chi connectivity index (χ2v) is 7.62. The van der Waals surface area contributed by atoms with Crippen LogP contribution in [0.2, 0.25) is 0 Å². The van der Waals surface area contributed by atoms with Crippen LogP contribution < -0.4 is 0 Å². The molecule has 0 unspecified atom stereocenters. The number of hydrogen-bond donors (Lipinski definition) is 0. The Kier molecular flexibility index (Phi) is 6.53. The first kappa shape index (κ1) is 20.2. The molecule has 0 aromatic carbocycles. The Hall–Kier alpha value is -2.59. The van der Waals surface area contributed by atoms with Crippen LogP contribution in [0.3, 0.4) is 0 Å². The van der Waals surface area contributed by atoms with Crippen LogP contribution in [-0.2, 0) is 4.79 Å². The second kappa shape index (κ2) is 9.07. The van der Waals surface area contributed by atoms with Gasteiger partial charge >= 0.3 is 0 Å². The highest BCUT2D eigenvalue weighted by molar-refractivity contribution is 5.79. The van der Waals surface area contributed by atoms with Gasteiger partial charge in [-0.1, -0.05) is 0 Å². The second-order valence-electron chi connectivity index (χ2n) is 7.62. The fourth-order valence-electron chi connectivity index (χ4n) is 4.17. The summed E-state index contributed by atoms with van der Waals surface area (Å²) >= 11 is 0. The van der Waals surface area contributed by atoms with Gasteiger partial charge in [0.05, 0.1) is 30.8 Å². The van der Waals surface area contributed by atoms with Gasteiger partial charge in [-0.3, -0.25) is 14.7 Å². The Morgan fingerprint density at radius 2 is 2.18 bits per heavy atom. The Labute approximate surface area is 166 Å². The Morgan fingerprint density at radius 1 is 1.43 bits per heavy atom. The monoisotopic (exact) mass is 383 g/mol. The lowest BCUT2D eigenvalue weighted by Gasteiger charge is -2.38. The topological polar surface area (TPSA) is 76.1 Å². The van der Waals surface area contributed by atoms with E-state index < -0.39 is 0 Å². The minimum absolute atomic E-state index is 0.0820. The Morgan fingerprint density at radius 3 is 2.79 bits per heavy atom. The molecule has 0 N–H and O–H groups in total. The first-order valence-corrected chi connectivity index (χ1v) is 9.90. The van der Waals surface area contributed by atoms with Crippen LogP contribution in [0.1, 0.15) is 37.0 Å². The molecule has 3 heterocycles. The van der Waals surface area contributed by atoms with Crippen molar-refractivity contribution in [1.29, 1.82) is 5.26 Å². The summed E-state index contributed by atoms with van der Waals surface area (Å²) in [6, 6.07) is 4.30. The van der Waals surface area contributed by atoms with Crippen molar-refractivity contribution in [1.82, 2.24) is 14.7 Å². The van der Waals surface area contributed by atoms with Crippen LogP contribution in [0.4, 0.5) is 0 Å². The number of aryl methyl sites for hydroxylation is 1. The molecule has 0 saturated carbocycles. The van der Waals surface area contributed by atoms with E-state index >= 15 is 0 Å². The molecule has 1 aromatic heterocycles. The fourth-order valence-corrected chi connectivity index (χ4v) is 4.17. The number of nitriles is 1. The maximum Gasteiger partial charge on any atom is 0.237 e. The van der Waals surface area contributed by atoms with Crippen molar-refractivity contribution in [2.24, 2.45) is 4.99 Å². The van der Waals surface area contributed by atoms with Crippen molar-refractivity contribution < 1.29 is 9.21 Å². The van der Waals surface area contributed by atoms with Crippen LogP contribution in [-0.4, -0.2) is 72.6 Å². The zero-order valence-corrected chi connectivity index (χ0v) is 16.8. The number of furan rings is 1. The number of nitrogens with zero attached hydrogens (tertiary/aromatic N) is 5. The van der Waals surface area contributed by atoms with E-state index in [-0.39, 0.29) is 11.9 Å². The summed E-state index contributed by atoms with van der Waals surface area (Å²) < 4.78 is 5.66. The van der Waals surface area contributed by atoms with Gasteiger partial charge in [-0.2, -0.15) is 5.26 Å². The van der Waals surface area contributed by atoms with E-state index in [9.17, 15) is 10.1 Å².